The third-order valence-electron chi connectivity index (χ3n) is 2.14. The Balaban J connectivity index is 2.53. The first-order valence-electron chi connectivity index (χ1n) is 5.64. The fourth-order valence-corrected chi connectivity index (χ4v) is 1.19. The first kappa shape index (κ1) is 12.7. The molecule has 1 unspecified atom stereocenters. The van der Waals surface area contributed by atoms with Gasteiger partial charge in [0.25, 0.3) is 0 Å². The second-order valence-corrected chi connectivity index (χ2v) is 4.31. The molecule has 0 saturated carbocycles. The summed E-state index contributed by atoms with van der Waals surface area (Å²) in [6, 6.07) is 2.27. The van der Waals surface area contributed by atoms with E-state index in [1.807, 2.05) is 6.07 Å². The molecule has 90 valence electrons. The molecular formula is C11H21N5. The van der Waals surface area contributed by atoms with Crippen molar-refractivity contribution < 1.29 is 0 Å². The summed E-state index contributed by atoms with van der Waals surface area (Å²) in [4.78, 5) is 8.29. The Morgan fingerprint density at radius 2 is 1.94 bits per heavy atom. The molecule has 1 atom stereocenters. The van der Waals surface area contributed by atoms with Gasteiger partial charge in [0.15, 0.2) is 0 Å². The third-order valence-corrected chi connectivity index (χ3v) is 2.14. The van der Waals surface area contributed by atoms with E-state index in [1.165, 1.54) is 0 Å². The summed E-state index contributed by atoms with van der Waals surface area (Å²) in [6.07, 6.45) is 1.56. The van der Waals surface area contributed by atoms with Crippen LogP contribution in [0.4, 0.5) is 11.6 Å². The fourth-order valence-electron chi connectivity index (χ4n) is 1.19. The van der Waals surface area contributed by atoms with Crippen LogP contribution in [0.25, 0.3) is 0 Å². The van der Waals surface area contributed by atoms with Crippen molar-refractivity contribution in [2.75, 3.05) is 23.7 Å². The van der Waals surface area contributed by atoms with E-state index in [9.17, 15) is 0 Å². The van der Waals surface area contributed by atoms with Crippen molar-refractivity contribution >= 4 is 11.6 Å². The van der Waals surface area contributed by atoms with E-state index < -0.39 is 0 Å². The Bertz CT molecular complexity index is 313. The predicted molar refractivity (Wildman–Crippen MR) is 67.5 cm³/mol. The van der Waals surface area contributed by atoms with Crippen molar-refractivity contribution in [2.24, 2.45) is 11.7 Å². The fraction of sp³-hybridized carbons (Fsp3) is 0.636. The van der Waals surface area contributed by atoms with Crippen LogP contribution < -0.4 is 16.4 Å². The first-order chi connectivity index (χ1) is 7.61. The van der Waals surface area contributed by atoms with Crippen LogP contribution in [0.1, 0.15) is 20.8 Å². The van der Waals surface area contributed by atoms with Crippen LogP contribution in [0.3, 0.4) is 0 Å². The summed E-state index contributed by atoms with van der Waals surface area (Å²) in [6.45, 7) is 7.75. The lowest BCUT2D eigenvalue weighted by Gasteiger charge is -2.12. The highest BCUT2D eigenvalue weighted by Crippen LogP contribution is 2.09. The minimum atomic E-state index is 0.366. The van der Waals surface area contributed by atoms with E-state index in [4.69, 9.17) is 5.73 Å². The van der Waals surface area contributed by atoms with E-state index in [0.29, 0.717) is 18.5 Å². The van der Waals surface area contributed by atoms with Crippen LogP contribution in [0, 0.1) is 5.92 Å². The van der Waals surface area contributed by atoms with Gasteiger partial charge in [0.2, 0.25) is 0 Å². The van der Waals surface area contributed by atoms with Crippen molar-refractivity contribution in [3.8, 4) is 0 Å². The molecule has 1 aromatic rings. The highest BCUT2D eigenvalue weighted by molar-refractivity contribution is 5.46. The summed E-state index contributed by atoms with van der Waals surface area (Å²) in [5.41, 5.74) is 5.55. The van der Waals surface area contributed by atoms with Crippen molar-refractivity contribution in [1.82, 2.24) is 9.97 Å². The molecule has 4 N–H and O–H groups in total. The number of nitrogens with zero attached hydrogens (tertiary/aromatic N) is 2. The number of hydrogen-bond acceptors (Lipinski definition) is 5. The summed E-state index contributed by atoms with van der Waals surface area (Å²) < 4.78 is 0. The van der Waals surface area contributed by atoms with Crippen molar-refractivity contribution in [3.05, 3.63) is 12.4 Å². The molecule has 16 heavy (non-hydrogen) atoms. The minimum absolute atomic E-state index is 0.366. The SMILES string of the molecule is CC(CN)CNc1cc(NC(C)C)ncn1. The standard InChI is InChI=1S/C11H21N5/c1-8(2)16-11-4-10(14-7-15-11)13-6-9(3)5-12/h4,7-9H,5-6,12H2,1-3H3,(H2,13,14,15,16). The molecule has 0 spiro atoms. The maximum atomic E-state index is 5.55. The molecule has 0 fully saturated rings. The maximum absolute atomic E-state index is 5.55. The highest BCUT2D eigenvalue weighted by Gasteiger charge is 2.02. The summed E-state index contributed by atoms with van der Waals surface area (Å²) >= 11 is 0. The molecule has 0 radical (unpaired) electrons. The Morgan fingerprint density at radius 3 is 2.56 bits per heavy atom. The Hall–Kier alpha value is -1.36. The summed E-state index contributed by atoms with van der Waals surface area (Å²) in [7, 11) is 0. The lowest BCUT2D eigenvalue weighted by atomic mass is 10.2. The molecule has 0 aliphatic heterocycles. The number of rotatable bonds is 6. The Kier molecular flexibility index (Phi) is 4.98. The molecule has 1 rings (SSSR count). The second-order valence-electron chi connectivity index (χ2n) is 4.31. The molecule has 0 aliphatic carbocycles. The second kappa shape index (κ2) is 6.27. The predicted octanol–water partition coefficient (Wildman–Crippen LogP) is 1.30. The van der Waals surface area contributed by atoms with Crippen LogP contribution in [-0.2, 0) is 0 Å². The van der Waals surface area contributed by atoms with E-state index in [0.717, 1.165) is 18.2 Å². The van der Waals surface area contributed by atoms with Gasteiger partial charge in [-0.1, -0.05) is 6.92 Å². The van der Waals surface area contributed by atoms with E-state index in [-0.39, 0.29) is 0 Å². The molecule has 0 amide bonds. The van der Waals surface area contributed by atoms with Gasteiger partial charge < -0.3 is 16.4 Å². The molecule has 5 nitrogen and oxygen atoms in total. The van der Waals surface area contributed by atoms with Gasteiger partial charge in [0.05, 0.1) is 0 Å². The van der Waals surface area contributed by atoms with Crippen LogP contribution in [0.15, 0.2) is 12.4 Å². The number of aromatic nitrogens is 2. The molecule has 0 aromatic carbocycles. The van der Waals surface area contributed by atoms with Crippen LogP contribution in [0.2, 0.25) is 0 Å². The van der Waals surface area contributed by atoms with Gasteiger partial charge in [0, 0.05) is 18.7 Å². The van der Waals surface area contributed by atoms with Crippen molar-refractivity contribution in [1.29, 1.82) is 0 Å². The Labute approximate surface area is 96.9 Å². The van der Waals surface area contributed by atoms with Crippen LogP contribution in [0.5, 0.6) is 0 Å². The number of anilines is 2. The normalized spacial score (nSPS) is 12.6. The zero-order chi connectivity index (χ0) is 12.0. The van der Waals surface area contributed by atoms with Gasteiger partial charge in [-0.25, -0.2) is 9.97 Å². The molecule has 5 heteroatoms. The van der Waals surface area contributed by atoms with E-state index in [1.54, 1.807) is 6.33 Å². The molecule has 0 bridgehead atoms. The van der Waals surface area contributed by atoms with Crippen molar-refractivity contribution in [2.45, 2.75) is 26.8 Å². The van der Waals surface area contributed by atoms with Gasteiger partial charge in [0.1, 0.15) is 18.0 Å². The summed E-state index contributed by atoms with van der Waals surface area (Å²) in [5, 5.41) is 6.47. The topological polar surface area (TPSA) is 75.9 Å². The highest BCUT2D eigenvalue weighted by atomic mass is 15.1. The number of nitrogens with two attached hydrogens (primary N) is 1. The zero-order valence-corrected chi connectivity index (χ0v) is 10.2. The van der Waals surface area contributed by atoms with Gasteiger partial charge in [-0.15, -0.1) is 0 Å². The van der Waals surface area contributed by atoms with E-state index in [2.05, 4.69) is 41.4 Å². The zero-order valence-electron chi connectivity index (χ0n) is 10.2. The van der Waals surface area contributed by atoms with E-state index >= 15 is 0 Å². The number of hydrogen-bond donors (Lipinski definition) is 3. The first-order valence-corrected chi connectivity index (χ1v) is 5.64. The van der Waals surface area contributed by atoms with Gasteiger partial charge in [-0.05, 0) is 26.3 Å². The van der Waals surface area contributed by atoms with Gasteiger partial charge in [-0.3, -0.25) is 0 Å². The van der Waals surface area contributed by atoms with Crippen LogP contribution >= 0.6 is 0 Å². The largest absolute Gasteiger partial charge is 0.370 e. The maximum Gasteiger partial charge on any atom is 0.131 e. The van der Waals surface area contributed by atoms with Gasteiger partial charge in [-0.2, -0.15) is 0 Å². The minimum Gasteiger partial charge on any atom is -0.370 e. The van der Waals surface area contributed by atoms with Crippen molar-refractivity contribution in [3.63, 3.8) is 0 Å². The van der Waals surface area contributed by atoms with Crippen LogP contribution in [-0.4, -0.2) is 29.1 Å². The average Bonchev–Trinajstić information content (AvgIpc) is 2.25. The monoisotopic (exact) mass is 223 g/mol. The molecule has 0 aliphatic rings. The molecule has 1 heterocycles. The molecular weight excluding hydrogens is 202 g/mol. The van der Waals surface area contributed by atoms with Gasteiger partial charge >= 0.3 is 0 Å². The lowest BCUT2D eigenvalue weighted by Crippen LogP contribution is -2.20. The quantitative estimate of drug-likeness (QED) is 0.678. The Morgan fingerprint density at radius 1 is 1.25 bits per heavy atom. The molecule has 1 aromatic heterocycles. The lowest BCUT2D eigenvalue weighted by molar-refractivity contribution is 0.627. The number of nitrogens with one attached hydrogen (secondary N) is 2. The average molecular weight is 223 g/mol. The third kappa shape index (κ3) is 4.44. The molecule has 0 saturated heterocycles. The smallest absolute Gasteiger partial charge is 0.131 e. The summed E-state index contributed by atoms with van der Waals surface area (Å²) in [5.74, 6) is 2.11.